The van der Waals surface area contributed by atoms with Crippen molar-refractivity contribution in [2.45, 2.75) is 50.3 Å². The molecular formula is C30H30ClF2N3O3. The molecule has 3 aromatic rings. The molecule has 2 N–H and O–H groups in total. The van der Waals surface area contributed by atoms with Crippen LogP contribution in [0, 0.1) is 11.6 Å². The maximum absolute atomic E-state index is 14.1. The summed E-state index contributed by atoms with van der Waals surface area (Å²) in [7, 11) is 0. The summed E-state index contributed by atoms with van der Waals surface area (Å²) in [5, 5.41) is 6.23. The predicted octanol–water partition coefficient (Wildman–Crippen LogP) is 6.35. The van der Waals surface area contributed by atoms with E-state index >= 15 is 0 Å². The third-order valence-corrected chi connectivity index (χ3v) is 8.17. The van der Waals surface area contributed by atoms with Crippen molar-refractivity contribution in [1.29, 1.82) is 0 Å². The Hall–Kier alpha value is -3.49. The third kappa shape index (κ3) is 5.92. The fourth-order valence-corrected chi connectivity index (χ4v) is 5.80. The Bertz CT molecular complexity index is 1360. The molecule has 1 saturated heterocycles. The lowest BCUT2D eigenvalue weighted by atomic mass is 9.81. The van der Waals surface area contributed by atoms with Gasteiger partial charge in [0.05, 0.1) is 11.6 Å². The standard InChI is InChI=1S/C30H30ClF2N3O3/c1-19(36-14-12-30(13-15-36)25-17-23(33)10-11-27(25)35-29(38)39-30)16-24(20-6-8-22(32)9-7-20)28(37)34-18-21-4-2-3-5-26(21)31/h2-11,17,19,24H,12-16,18H2,1H3,(H,34,37)(H,35,38). The molecule has 0 aromatic heterocycles. The normalized spacial score (nSPS) is 18.0. The van der Waals surface area contributed by atoms with Crippen molar-refractivity contribution in [2.75, 3.05) is 18.4 Å². The number of rotatable bonds is 7. The van der Waals surface area contributed by atoms with E-state index in [1.165, 1.54) is 24.3 Å². The molecule has 3 aromatic carbocycles. The largest absolute Gasteiger partial charge is 0.438 e. The van der Waals surface area contributed by atoms with Crippen molar-refractivity contribution >= 4 is 29.3 Å². The molecule has 2 atom stereocenters. The number of nitrogens with one attached hydrogen (secondary N) is 2. The molecule has 0 bridgehead atoms. The van der Waals surface area contributed by atoms with Crippen LogP contribution in [0.15, 0.2) is 66.7 Å². The van der Waals surface area contributed by atoms with Crippen LogP contribution in [0.2, 0.25) is 5.02 Å². The van der Waals surface area contributed by atoms with E-state index < -0.39 is 17.6 Å². The summed E-state index contributed by atoms with van der Waals surface area (Å²) in [6.45, 7) is 3.54. The minimum atomic E-state index is -0.890. The zero-order valence-electron chi connectivity index (χ0n) is 21.6. The van der Waals surface area contributed by atoms with Gasteiger partial charge in [0.15, 0.2) is 0 Å². The minimum Gasteiger partial charge on any atom is -0.438 e. The highest BCUT2D eigenvalue weighted by atomic mass is 35.5. The van der Waals surface area contributed by atoms with Gasteiger partial charge in [-0.25, -0.2) is 13.6 Å². The van der Waals surface area contributed by atoms with Crippen LogP contribution in [0.3, 0.4) is 0 Å². The first-order valence-corrected chi connectivity index (χ1v) is 13.4. The van der Waals surface area contributed by atoms with Gasteiger partial charge >= 0.3 is 6.09 Å². The first kappa shape index (κ1) is 27.1. The number of amides is 2. The summed E-state index contributed by atoms with van der Waals surface area (Å²) >= 11 is 6.26. The molecule has 0 radical (unpaired) electrons. The quantitative estimate of drug-likeness (QED) is 0.358. The number of likely N-dealkylation sites (tertiary alicyclic amines) is 1. The fraction of sp³-hybridized carbons (Fsp3) is 0.333. The number of fused-ring (bicyclic) bond motifs is 2. The Kier molecular flexibility index (Phi) is 7.86. The summed E-state index contributed by atoms with van der Waals surface area (Å²) in [6.07, 6.45) is 0.962. The molecule has 0 saturated carbocycles. The second kappa shape index (κ2) is 11.3. The Morgan fingerprint density at radius 1 is 1.08 bits per heavy atom. The smallest absolute Gasteiger partial charge is 0.412 e. The third-order valence-electron chi connectivity index (χ3n) is 7.80. The van der Waals surface area contributed by atoms with Crippen LogP contribution in [0.25, 0.3) is 0 Å². The van der Waals surface area contributed by atoms with Crippen molar-refractivity contribution in [2.24, 2.45) is 0 Å². The van der Waals surface area contributed by atoms with Crippen LogP contribution in [-0.2, 0) is 21.7 Å². The average molecular weight is 554 g/mol. The highest BCUT2D eigenvalue weighted by Crippen LogP contribution is 2.44. The second-order valence-electron chi connectivity index (χ2n) is 10.2. The molecule has 5 rings (SSSR count). The van der Waals surface area contributed by atoms with E-state index in [4.69, 9.17) is 16.3 Å². The van der Waals surface area contributed by atoms with Gasteiger partial charge in [-0.2, -0.15) is 0 Å². The summed E-state index contributed by atoms with van der Waals surface area (Å²) < 4.78 is 33.5. The molecule has 2 heterocycles. The van der Waals surface area contributed by atoms with E-state index in [1.54, 1.807) is 24.3 Å². The van der Waals surface area contributed by atoms with E-state index in [0.717, 1.165) is 11.1 Å². The first-order valence-electron chi connectivity index (χ1n) is 13.0. The number of ether oxygens (including phenoxy) is 1. The number of nitrogens with zero attached hydrogens (tertiary/aromatic N) is 1. The molecule has 0 aliphatic carbocycles. The second-order valence-corrected chi connectivity index (χ2v) is 10.6. The van der Waals surface area contributed by atoms with Gasteiger partial charge in [-0.3, -0.25) is 10.1 Å². The van der Waals surface area contributed by atoms with Gasteiger partial charge in [0, 0.05) is 49.1 Å². The number of hydrogen-bond acceptors (Lipinski definition) is 4. The van der Waals surface area contributed by atoms with Gasteiger partial charge in [0.2, 0.25) is 5.91 Å². The molecule has 1 fully saturated rings. The maximum atomic E-state index is 14.1. The number of carbonyl (C=O) groups is 2. The Labute approximate surface area is 231 Å². The number of benzene rings is 3. The van der Waals surface area contributed by atoms with E-state index in [9.17, 15) is 18.4 Å². The van der Waals surface area contributed by atoms with Crippen LogP contribution >= 0.6 is 11.6 Å². The molecule has 6 nitrogen and oxygen atoms in total. The number of piperidine rings is 1. The first-order chi connectivity index (χ1) is 18.7. The van der Waals surface area contributed by atoms with Crippen LogP contribution in [0.4, 0.5) is 19.3 Å². The molecule has 39 heavy (non-hydrogen) atoms. The highest BCUT2D eigenvalue weighted by molar-refractivity contribution is 6.31. The van der Waals surface area contributed by atoms with E-state index in [1.807, 2.05) is 18.2 Å². The Morgan fingerprint density at radius 2 is 1.77 bits per heavy atom. The lowest BCUT2D eigenvalue weighted by molar-refractivity contribution is -0.123. The minimum absolute atomic E-state index is 0.00661. The molecule has 204 valence electrons. The van der Waals surface area contributed by atoms with E-state index in [-0.39, 0.29) is 30.1 Å². The predicted molar refractivity (Wildman–Crippen MR) is 146 cm³/mol. The number of hydrogen-bond donors (Lipinski definition) is 2. The zero-order chi connectivity index (χ0) is 27.6. The van der Waals surface area contributed by atoms with Crippen molar-refractivity contribution in [3.8, 4) is 0 Å². The summed E-state index contributed by atoms with van der Waals surface area (Å²) in [5.74, 6) is -1.42. The maximum Gasteiger partial charge on any atom is 0.412 e. The SMILES string of the molecule is CC(CC(C(=O)NCc1ccccc1Cl)c1ccc(F)cc1)N1CCC2(CC1)OC(=O)Nc1ccc(F)cc12. The Morgan fingerprint density at radius 3 is 2.49 bits per heavy atom. The van der Waals surface area contributed by atoms with Gasteiger partial charge in [0.25, 0.3) is 0 Å². The van der Waals surface area contributed by atoms with Gasteiger partial charge in [-0.15, -0.1) is 0 Å². The molecule has 2 aliphatic rings. The van der Waals surface area contributed by atoms with Crippen molar-refractivity contribution in [3.05, 3.63) is 100 Å². The lowest BCUT2D eigenvalue weighted by Gasteiger charge is -2.46. The van der Waals surface area contributed by atoms with Crippen molar-refractivity contribution in [1.82, 2.24) is 10.2 Å². The average Bonchev–Trinajstić information content (AvgIpc) is 2.92. The van der Waals surface area contributed by atoms with Gasteiger partial charge in [-0.1, -0.05) is 41.9 Å². The molecule has 2 aliphatic heterocycles. The van der Waals surface area contributed by atoms with Crippen LogP contribution < -0.4 is 10.6 Å². The molecule has 2 amide bonds. The van der Waals surface area contributed by atoms with Crippen molar-refractivity contribution < 1.29 is 23.1 Å². The van der Waals surface area contributed by atoms with Crippen molar-refractivity contribution in [3.63, 3.8) is 0 Å². The number of anilines is 1. The van der Waals surface area contributed by atoms with Gasteiger partial charge < -0.3 is 15.0 Å². The van der Waals surface area contributed by atoms with Gasteiger partial charge in [0.1, 0.15) is 17.2 Å². The van der Waals surface area contributed by atoms with Crippen LogP contribution in [-0.4, -0.2) is 36.0 Å². The molecule has 1 spiro atoms. The summed E-state index contributed by atoms with van der Waals surface area (Å²) in [5.41, 5.74) is 1.87. The van der Waals surface area contributed by atoms with Crippen LogP contribution in [0.5, 0.6) is 0 Å². The molecule has 9 heteroatoms. The van der Waals surface area contributed by atoms with Crippen LogP contribution in [0.1, 0.15) is 48.8 Å². The monoisotopic (exact) mass is 553 g/mol. The highest BCUT2D eigenvalue weighted by Gasteiger charge is 2.45. The van der Waals surface area contributed by atoms with Gasteiger partial charge in [-0.05, 0) is 60.9 Å². The van der Waals surface area contributed by atoms with E-state index in [0.29, 0.717) is 48.6 Å². The summed E-state index contributed by atoms with van der Waals surface area (Å²) in [6, 6.07) is 17.7. The molecular weight excluding hydrogens is 524 g/mol. The number of carbonyl (C=O) groups excluding carboxylic acids is 2. The lowest BCUT2D eigenvalue weighted by Crippen LogP contribution is -2.50. The molecule has 2 unspecified atom stereocenters. The topological polar surface area (TPSA) is 70.7 Å². The zero-order valence-corrected chi connectivity index (χ0v) is 22.3. The Balaban J connectivity index is 1.29. The number of halogens is 3. The fourth-order valence-electron chi connectivity index (χ4n) is 5.59. The van der Waals surface area contributed by atoms with E-state index in [2.05, 4.69) is 22.5 Å². The summed E-state index contributed by atoms with van der Waals surface area (Å²) in [4.78, 5) is 27.9.